The van der Waals surface area contributed by atoms with Crippen molar-refractivity contribution < 1.29 is 14.0 Å². The SMILES string of the molecule is C=Cc1ccc(NC(=O)c2cc(C3(C(N)=O)C(c4cc(Cl)cc(Cl)c4)C3(Cl)Cl)ccc2Cl)c(F)c1. The van der Waals surface area contributed by atoms with E-state index in [1.165, 1.54) is 42.5 Å². The normalized spacial score (nSPS) is 20.2. The van der Waals surface area contributed by atoms with Gasteiger partial charge in [-0.1, -0.05) is 82.8 Å². The highest BCUT2D eigenvalue weighted by atomic mass is 35.5. The van der Waals surface area contributed by atoms with Gasteiger partial charge in [-0.05, 0) is 59.2 Å². The molecule has 4 rings (SSSR count). The number of nitrogens with one attached hydrogen (secondary N) is 1. The summed E-state index contributed by atoms with van der Waals surface area (Å²) < 4.78 is 12.7. The fourth-order valence-corrected chi connectivity index (χ4v) is 6.15. The molecule has 0 saturated heterocycles. The lowest BCUT2D eigenvalue weighted by Gasteiger charge is -2.17. The minimum absolute atomic E-state index is 0.0316. The number of rotatable bonds is 6. The van der Waals surface area contributed by atoms with Crippen molar-refractivity contribution in [1.82, 2.24) is 0 Å². The molecule has 2 amide bonds. The second-order valence-corrected chi connectivity index (χ2v) is 10.7. The predicted octanol–water partition coefficient (Wildman–Crippen LogP) is 7.38. The van der Waals surface area contributed by atoms with Gasteiger partial charge < -0.3 is 11.1 Å². The first kappa shape index (κ1) is 25.8. The molecule has 3 aromatic carbocycles. The minimum Gasteiger partial charge on any atom is -0.369 e. The smallest absolute Gasteiger partial charge is 0.257 e. The third-order valence-corrected chi connectivity index (χ3v) is 7.79. The number of hydrogen-bond donors (Lipinski definition) is 2. The summed E-state index contributed by atoms with van der Waals surface area (Å²) in [6.45, 7) is 3.58. The number of carbonyl (C=O) groups excluding carboxylic acids is 2. The lowest BCUT2D eigenvalue weighted by atomic mass is 9.88. The van der Waals surface area contributed by atoms with Gasteiger partial charge in [-0.2, -0.15) is 0 Å². The highest BCUT2D eigenvalue weighted by molar-refractivity contribution is 6.55. The van der Waals surface area contributed by atoms with Crippen LogP contribution in [0.4, 0.5) is 10.1 Å². The molecular formula is C25H16Cl5FN2O2. The quantitative estimate of drug-likeness (QED) is 0.303. The summed E-state index contributed by atoms with van der Waals surface area (Å²) in [5.41, 5.74) is 5.41. The zero-order valence-corrected chi connectivity index (χ0v) is 21.5. The molecule has 0 heterocycles. The van der Waals surface area contributed by atoms with Crippen molar-refractivity contribution in [2.24, 2.45) is 5.73 Å². The number of amides is 2. The standard InChI is InChI=1S/C25H16Cl5FN2O2/c1-2-12-3-6-20(19(31)7-12)33-22(34)17-10-14(4-5-18(17)28)24(23(32)35)21(25(24,29)30)13-8-15(26)11-16(27)9-13/h2-11,21H,1H2,(H2,32,35)(H,33,34). The Morgan fingerprint density at radius 3 is 2.23 bits per heavy atom. The van der Waals surface area contributed by atoms with E-state index in [2.05, 4.69) is 11.9 Å². The third-order valence-electron chi connectivity index (χ3n) is 5.99. The minimum atomic E-state index is -1.67. The van der Waals surface area contributed by atoms with Crippen molar-refractivity contribution >= 4 is 81.6 Å². The van der Waals surface area contributed by atoms with Crippen LogP contribution in [0.3, 0.4) is 0 Å². The monoisotopic (exact) mass is 570 g/mol. The van der Waals surface area contributed by atoms with E-state index in [9.17, 15) is 14.0 Å². The summed E-state index contributed by atoms with van der Waals surface area (Å²) in [5, 5.41) is 3.18. The van der Waals surface area contributed by atoms with Crippen molar-refractivity contribution in [3.05, 3.63) is 104 Å². The number of halogens is 6. The number of primary amides is 1. The average molecular weight is 573 g/mol. The number of alkyl halides is 2. The Hall–Kier alpha value is -2.28. The molecule has 2 atom stereocenters. The molecule has 3 N–H and O–H groups in total. The van der Waals surface area contributed by atoms with Gasteiger partial charge >= 0.3 is 0 Å². The molecule has 35 heavy (non-hydrogen) atoms. The van der Waals surface area contributed by atoms with Crippen molar-refractivity contribution in [3.63, 3.8) is 0 Å². The first-order valence-electron chi connectivity index (χ1n) is 10.1. The summed E-state index contributed by atoms with van der Waals surface area (Å²) in [6, 6.07) is 13.2. The topological polar surface area (TPSA) is 72.2 Å². The van der Waals surface area contributed by atoms with Gasteiger partial charge in [-0.15, -0.1) is 0 Å². The van der Waals surface area contributed by atoms with E-state index in [1.807, 2.05) is 0 Å². The fourth-order valence-electron chi connectivity index (χ4n) is 4.31. The zero-order chi connectivity index (χ0) is 25.7. The number of carbonyl (C=O) groups is 2. The van der Waals surface area contributed by atoms with Crippen molar-refractivity contribution in [1.29, 1.82) is 0 Å². The number of anilines is 1. The Morgan fingerprint density at radius 1 is 1.00 bits per heavy atom. The molecular weight excluding hydrogens is 557 g/mol. The summed E-state index contributed by atoms with van der Waals surface area (Å²) in [4.78, 5) is 25.8. The van der Waals surface area contributed by atoms with Gasteiger partial charge in [-0.25, -0.2) is 4.39 Å². The van der Waals surface area contributed by atoms with Crippen LogP contribution in [0.2, 0.25) is 15.1 Å². The Morgan fingerprint density at radius 2 is 1.66 bits per heavy atom. The first-order chi connectivity index (χ1) is 16.4. The molecule has 0 radical (unpaired) electrons. The van der Waals surface area contributed by atoms with Gasteiger partial charge in [-0.3, -0.25) is 9.59 Å². The Kier molecular flexibility index (Phi) is 6.86. The molecule has 0 aliphatic heterocycles. The van der Waals surface area contributed by atoms with Gasteiger partial charge in [0.2, 0.25) is 5.91 Å². The predicted molar refractivity (Wildman–Crippen MR) is 140 cm³/mol. The summed E-state index contributed by atoms with van der Waals surface area (Å²) in [7, 11) is 0. The lowest BCUT2D eigenvalue weighted by molar-refractivity contribution is -0.120. The molecule has 180 valence electrons. The van der Waals surface area contributed by atoms with Gasteiger partial charge in [0.05, 0.1) is 16.3 Å². The maximum Gasteiger partial charge on any atom is 0.257 e. The van der Waals surface area contributed by atoms with E-state index in [0.29, 0.717) is 21.2 Å². The molecule has 0 bridgehead atoms. The zero-order valence-electron chi connectivity index (χ0n) is 17.7. The number of benzene rings is 3. The van der Waals surface area contributed by atoms with Crippen LogP contribution in [-0.4, -0.2) is 16.1 Å². The fraction of sp³-hybridized carbons (Fsp3) is 0.120. The summed E-state index contributed by atoms with van der Waals surface area (Å²) in [6.07, 6.45) is 1.47. The second kappa shape index (κ2) is 9.30. The summed E-state index contributed by atoms with van der Waals surface area (Å²) in [5.74, 6) is -2.99. The third kappa shape index (κ3) is 4.30. The van der Waals surface area contributed by atoms with Crippen LogP contribution >= 0.6 is 58.0 Å². The highest BCUT2D eigenvalue weighted by Gasteiger charge is 2.80. The Labute approximate surface area is 225 Å². The van der Waals surface area contributed by atoms with Crippen LogP contribution in [0.5, 0.6) is 0 Å². The Bertz CT molecular complexity index is 1370. The van der Waals surface area contributed by atoms with Crippen molar-refractivity contribution in [3.8, 4) is 0 Å². The maximum absolute atomic E-state index is 14.4. The Balaban J connectivity index is 1.76. The number of hydrogen-bond acceptors (Lipinski definition) is 2. The van der Waals surface area contributed by atoms with E-state index in [-0.39, 0.29) is 21.8 Å². The van der Waals surface area contributed by atoms with E-state index in [4.69, 9.17) is 63.7 Å². The van der Waals surface area contributed by atoms with Crippen LogP contribution in [-0.2, 0) is 10.2 Å². The van der Waals surface area contributed by atoms with Crippen LogP contribution in [0, 0.1) is 5.82 Å². The molecule has 1 saturated carbocycles. The number of nitrogens with two attached hydrogens (primary N) is 1. The molecule has 4 nitrogen and oxygen atoms in total. The van der Waals surface area contributed by atoms with Gasteiger partial charge in [0.1, 0.15) is 15.6 Å². The molecule has 0 aromatic heterocycles. The van der Waals surface area contributed by atoms with Crippen molar-refractivity contribution in [2.75, 3.05) is 5.32 Å². The van der Waals surface area contributed by atoms with E-state index in [0.717, 1.165) is 0 Å². The molecule has 3 aromatic rings. The summed E-state index contributed by atoms with van der Waals surface area (Å²) >= 11 is 31.8. The van der Waals surface area contributed by atoms with Crippen LogP contribution < -0.4 is 11.1 Å². The van der Waals surface area contributed by atoms with Gasteiger partial charge in [0.25, 0.3) is 5.91 Å². The van der Waals surface area contributed by atoms with Crippen molar-refractivity contribution in [2.45, 2.75) is 15.7 Å². The van der Waals surface area contributed by atoms with E-state index >= 15 is 0 Å². The van der Waals surface area contributed by atoms with E-state index < -0.39 is 33.3 Å². The van der Waals surface area contributed by atoms with Crippen LogP contribution in [0.15, 0.2) is 61.2 Å². The molecule has 10 heteroatoms. The average Bonchev–Trinajstić information content (AvgIpc) is 3.32. The van der Waals surface area contributed by atoms with Crippen LogP contribution in [0.1, 0.15) is 33.0 Å². The van der Waals surface area contributed by atoms with E-state index in [1.54, 1.807) is 18.2 Å². The lowest BCUT2D eigenvalue weighted by Crippen LogP contribution is -2.34. The largest absolute Gasteiger partial charge is 0.369 e. The van der Waals surface area contributed by atoms with Gasteiger partial charge in [0, 0.05) is 16.0 Å². The van der Waals surface area contributed by atoms with Gasteiger partial charge in [0.15, 0.2) is 0 Å². The second-order valence-electron chi connectivity index (χ2n) is 8.02. The molecule has 1 fully saturated rings. The molecule has 1 aliphatic carbocycles. The molecule has 1 aliphatic rings. The highest BCUT2D eigenvalue weighted by Crippen LogP contribution is 2.74. The first-order valence-corrected chi connectivity index (χ1v) is 12.0. The molecule has 2 unspecified atom stereocenters. The van der Waals surface area contributed by atoms with Crippen LogP contribution in [0.25, 0.3) is 6.08 Å². The maximum atomic E-state index is 14.4. The molecule has 0 spiro atoms.